The Morgan fingerprint density at radius 3 is 2.37 bits per heavy atom. The van der Waals surface area contributed by atoms with Gasteiger partial charge in [-0.3, -0.25) is 0 Å². The molecule has 1 N–H and O–H groups in total. The highest BCUT2D eigenvalue weighted by Gasteiger charge is 2.61. The molecule has 1 aromatic rings. The van der Waals surface area contributed by atoms with E-state index in [0.717, 1.165) is 5.92 Å². The molecule has 104 valence electrons. The third kappa shape index (κ3) is 1.74. The molecule has 0 aliphatic heterocycles. The Labute approximate surface area is 117 Å². The van der Waals surface area contributed by atoms with E-state index < -0.39 is 0 Å². The van der Waals surface area contributed by atoms with Gasteiger partial charge in [-0.15, -0.1) is 0 Å². The van der Waals surface area contributed by atoms with Crippen molar-refractivity contribution in [1.29, 1.82) is 0 Å². The van der Waals surface area contributed by atoms with E-state index in [0.29, 0.717) is 16.9 Å². The zero-order valence-corrected chi connectivity index (χ0v) is 13.0. The van der Waals surface area contributed by atoms with Gasteiger partial charge in [0, 0.05) is 11.7 Å². The van der Waals surface area contributed by atoms with Crippen molar-refractivity contribution in [3.8, 4) is 0 Å². The number of aryl methyl sites for hydroxylation is 2. The third-order valence-corrected chi connectivity index (χ3v) is 6.64. The summed E-state index contributed by atoms with van der Waals surface area (Å²) < 4.78 is 0. The monoisotopic (exact) mass is 257 g/mol. The molecule has 1 nitrogen and oxygen atoms in total. The highest BCUT2D eigenvalue weighted by atomic mass is 15.0. The maximum Gasteiger partial charge on any atom is 0.0345 e. The molecule has 0 spiro atoms. The summed E-state index contributed by atoms with van der Waals surface area (Å²) in [5.74, 6) is 0.904. The molecule has 2 fully saturated rings. The first-order valence-corrected chi connectivity index (χ1v) is 7.68. The van der Waals surface area contributed by atoms with Crippen molar-refractivity contribution in [2.75, 3.05) is 5.32 Å². The second-order valence-electron chi connectivity index (χ2n) is 7.61. The van der Waals surface area contributed by atoms with E-state index in [9.17, 15) is 0 Å². The SMILES string of the molecule is Cc1ccc(NC2CC3CCC2(C)C3(C)C)cc1C. The van der Waals surface area contributed by atoms with Gasteiger partial charge in [-0.25, -0.2) is 0 Å². The second kappa shape index (κ2) is 4.01. The largest absolute Gasteiger partial charge is 0.382 e. The molecule has 3 rings (SSSR count). The molecule has 0 aromatic heterocycles. The van der Waals surface area contributed by atoms with Gasteiger partial charge in [0.2, 0.25) is 0 Å². The summed E-state index contributed by atoms with van der Waals surface area (Å²) in [7, 11) is 0. The Kier molecular flexibility index (Phi) is 2.75. The van der Waals surface area contributed by atoms with Crippen molar-refractivity contribution in [2.45, 2.75) is 59.9 Å². The molecule has 19 heavy (non-hydrogen) atoms. The number of nitrogens with one attached hydrogen (secondary N) is 1. The lowest BCUT2D eigenvalue weighted by molar-refractivity contribution is 0.142. The summed E-state index contributed by atoms with van der Waals surface area (Å²) in [6.45, 7) is 11.8. The number of fused-ring (bicyclic) bond motifs is 2. The lowest BCUT2D eigenvalue weighted by Gasteiger charge is -2.40. The Morgan fingerprint density at radius 1 is 1.11 bits per heavy atom. The summed E-state index contributed by atoms with van der Waals surface area (Å²) in [6, 6.07) is 7.42. The lowest BCUT2D eigenvalue weighted by Crippen LogP contribution is -2.40. The van der Waals surface area contributed by atoms with E-state index in [2.05, 4.69) is 58.1 Å². The first-order valence-electron chi connectivity index (χ1n) is 7.68. The van der Waals surface area contributed by atoms with Crippen LogP contribution >= 0.6 is 0 Å². The average Bonchev–Trinajstić information content (AvgIpc) is 2.67. The van der Waals surface area contributed by atoms with Crippen LogP contribution in [0, 0.1) is 30.6 Å². The Hall–Kier alpha value is -0.980. The van der Waals surface area contributed by atoms with E-state index >= 15 is 0 Å². The molecule has 2 saturated carbocycles. The number of anilines is 1. The molecular weight excluding hydrogens is 230 g/mol. The maximum atomic E-state index is 3.84. The van der Waals surface area contributed by atoms with Crippen LogP contribution < -0.4 is 5.32 Å². The van der Waals surface area contributed by atoms with Gasteiger partial charge >= 0.3 is 0 Å². The minimum absolute atomic E-state index is 0.455. The van der Waals surface area contributed by atoms with Gasteiger partial charge in [0.05, 0.1) is 0 Å². The minimum atomic E-state index is 0.455. The second-order valence-corrected chi connectivity index (χ2v) is 7.61. The summed E-state index contributed by atoms with van der Waals surface area (Å²) in [5, 5.41) is 3.84. The minimum Gasteiger partial charge on any atom is -0.382 e. The van der Waals surface area contributed by atoms with Crippen LogP contribution in [0.1, 0.15) is 51.2 Å². The van der Waals surface area contributed by atoms with Gasteiger partial charge in [0.1, 0.15) is 0 Å². The molecule has 2 aliphatic carbocycles. The predicted octanol–water partition coefficient (Wildman–Crippen LogP) is 4.93. The standard InChI is InChI=1S/C18H27N/c1-12-6-7-15(10-13(12)2)19-16-11-14-8-9-18(16,5)17(14,3)4/h6-7,10,14,16,19H,8-9,11H2,1-5H3. The van der Waals surface area contributed by atoms with Crippen LogP contribution in [0.25, 0.3) is 0 Å². The fraction of sp³-hybridized carbons (Fsp3) is 0.667. The molecule has 0 saturated heterocycles. The van der Waals surface area contributed by atoms with Crippen LogP contribution in [0.4, 0.5) is 5.69 Å². The zero-order chi connectivity index (χ0) is 13.8. The van der Waals surface area contributed by atoms with Crippen LogP contribution in [0.15, 0.2) is 18.2 Å². The molecule has 2 bridgehead atoms. The Balaban J connectivity index is 1.84. The fourth-order valence-corrected chi connectivity index (χ4v) is 4.45. The summed E-state index contributed by atoms with van der Waals surface area (Å²) in [6.07, 6.45) is 4.15. The molecule has 3 unspecified atom stereocenters. The van der Waals surface area contributed by atoms with Gasteiger partial charge in [0.25, 0.3) is 0 Å². The van der Waals surface area contributed by atoms with Crippen molar-refractivity contribution < 1.29 is 0 Å². The zero-order valence-electron chi connectivity index (χ0n) is 13.0. The van der Waals surface area contributed by atoms with Gasteiger partial charge in [-0.2, -0.15) is 0 Å². The highest BCUT2D eigenvalue weighted by molar-refractivity contribution is 5.49. The molecule has 0 radical (unpaired) electrons. The van der Waals surface area contributed by atoms with E-state index in [1.54, 1.807) is 0 Å². The molecule has 3 atom stereocenters. The Bertz CT molecular complexity index is 502. The molecule has 0 heterocycles. The number of hydrogen-bond donors (Lipinski definition) is 1. The van der Waals surface area contributed by atoms with Gasteiger partial charge in [-0.05, 0) is 73.1 Å². The Morgan fingerprint density at radius 2 is 1.84 bits per heavy atom. The highest BCUT2D eigenvalue weighted by Crippen LogP contribution is 2.65. The van der Waals surface area contributed by atoms with E-state index in [1.807, 2.05) is 0 Å². The molecule has 1 aromatic carbocycles. The van der Waals surface area contributed by atoms with E-state index in [1.165, 1.54) is 36.1 Å². The van der Waals surface area contributed by atoms with Crippen LogP contribution in [-0.2, 0) is 0 Å². The van der Waals surface area contributed by atoms with Crippen LogP contribution in [-0.4, -0.2) is 6.04 Å². The number of rotatable bonds is 2. The number of benzene rings is 1. The molecule has 2 aliphatic rings. The summed E-state index contributed by atoms with van der Waals surface area (Å²) in [4.78, 5) is 0. The predicted molar refractivity (Wildman–Crippen MR) is 82.6 cm³/mol. The average molecular weight is 257 g/mol. The molecule has 1 heteroatoms. The summed E-state index contributed by atoms with van der Waals surface area (Å²) >= 11 is 0. The van der Waals surface area contributed by atoms with E-state index in [-0.39, 0.29) is 0 Å². The summed E-state index contributed by atoms with van der Waals surface area (Å²) in [5.41, 5.74) is 5.02. The maximum absolute atomic E-state index is 3.84. The third-order valence-electron chi connectivity index (χ3n) is 6.64. The lowest BCUT2D eigenvalue weighted by atomic mass is 9.69. The first-order chi connectivity index (χ1) is 8.84. The molecular formula is C18H27N. The van der Waals surface area contributed by atoms with Crippen LogP contribution in [0.2, 0.25) is 0 Å². The molecule has 0 amide bonds. The number of hydrogen-bond acceptors (Lipinski definition) is 1. The van der Waals surface area contributed by atoms with Gasteiger partial charge in [-0.1, -0.05) is 26.8 Å². The smallest absolute Gasteiger partial charge is 0.0345 e. The van der Waals surface area contributed by atoms with Crippen molar-refractivity contribution in [2.24, 2.45) is 16.7 Å². The fourth-order valence-electron chi connectivity index (χ4n) is 4.45. The van der Waals surface area contributed by atoms with Crippen LogP contribution in [0.3, 0.4) is 0 Å². The van der Waals surface area contributed by atoms with Crippen LogP contribution in [0.5, 0.6) is 0 Å². The quantitative estimate of drug-likeness (QED) is 0.792. The van der Waals surface area contributed by atoms with Gasteiger partial charge < -0.3 is 5.32 Å². The normalized spacial score (nSPS) is 35.6. The first kappa shape index (κ1) is 13.0. The van der Waals surface area contributed by atoms with Gasteiger partial charge in [0.15, 0.2) is 0 Å². The van der Waals surface area contributed by atoms with Crippen molar-refractivity contribution >= 4 is 5.69 Å². The van der Waals surface area contributed by atoms with Crippen molar-refractivity contribution in [3.63, 3.8) is 0 Å². The topological polar surface area (TPSA) is 12.0 Å². The van der Waals surface area contributed by atoms with Crippen molar-refractivity contribution in [1.82, 2.24) is 0 Å². The van der Waals surface area contributed by atoms with E-state index in [4.69, 9.17) is 0 Å². The van der Waals surface area contributed by atoms with Crippen molar-refractivity contribution in [3.05, 3.63) is 29.3 Å².